The van der Waals surface area contributed by atoms with Crippen LogP contribution in [0, 0.1) is 5.92 Å². The summed E-state index contributed by atoms with van der Waals surface area (Å²) < 4.78 is 0. The summed E-state index contributed by atoms with van der Waals surface area (Å²) in [6.45, 7) is 1.60. The molecule has 0 aromatic carbocycles. The quantitative estimate of drug-likeness (QED) is 0.526. The number of rotatable bonds is 6. The molecule has 0 radical (unpaired) electrons. The molecule has 1 rings (SSSR count). The van der Waals surface area contributed by atoms with Crippen molar-refractivity contribution in [2.24, 2.45) is 5.92 Å². The van der Waals surface area contributed by atoms with Crippen molar-refractivity contribution < 1.29 is 9.90 Å². The second-order valence-electron chi connectivity index (χ2n) is 4.54. The largest absolute Gasteiger partial charge is 0.481 e. The molecule has 0 atom stereocenters. The Bertz CT molecular complexity index is 174. The highest BCUT2D eigenvalue weighted by atomic mass is 16.4. The number of carbonyl (C=O) groups is 1. The molecule has 0 heterocycles. The van der Waals surface area contributed by atoms with Gasteiger partial charge >= 0.3 is 5.97 Å². The van der Waals surface area contributed by atoms with E-state index in [1.54, 1.807) is 0 Å². The van der Waals surface area contributed by atoms with E-state index in [0.29, 0.717) is 6.54 Å². The van der Waals surface area contributed by atoms with E-state index in [-0.39, 0.29) is 6.42 Å². The average molecular weight is 213 g/mol. The van der Waals surface area contributed by atoms with Gasteiger partial charge in [-0.05, 0) is 18.9 Å². The average Bonchev–Trinajstić information content (AvgIpc) is 2.45. The highest BCUT2D eigenvalue weighted by Crippen LogP contribution is 2.24. The fourth-order valence-corrected chi connectivity index (χ4v) is 2.28. The van der Waals surface area contributed by atoms with Crippen molar-refractivity contribution in [2.75, 3.05) is 13.1 Å². The lowest BCUT2D eigenvalue weighted by Crippen LogP contribution is -2.21. The highest BCUT2D eigenvalue weighted by Gasteiger charge is 2.11. The van der Waals surface area contributed by atoms with Crippen LogP contribution in [0.5, 0.6) is 0 Å². The summed E-state index contributed by atoms with van der Waals surface area (Å²) in [5.74, 6) is 0.168. The van der Waals surface area contributed by atoms with Crippen LogP contribution in [0.15, 0.2) is 0 Å². The van der Waals surface area contributed by atoms with Crippen LogP contribution in [-0.4, -0.2) is 24.2 Å². The van der Waals surface area contributed by atoms with Gasteiger partial charge in [-0.2, -0.15) is 0 Å². The Morgan fingerprint density at radius 1 is 1.13 bits per heavy atom. The molecule has 0 spiro atoms. The summed E-state index contributed by atoms with van der Waals surface area (Å²) >= 11 is 0. The first-order valence-corrected chi connectivity index (χ1v) is 6.21. The standard InChI is InChI=1S/C12H23NO2/c14-12(15)8-10-13-9-7-11-5-3-1-2-4-6-11/h11,13H,1-10H2,(H,14,15). The SMILES string of the molecule is O=C(O)CCNCCC1CCCCCC1. The molecule has 0 unspecified atom stereocenters. The predicted molar refractivity (Wildman–Crippen MR) is 60.9 cm³/mol. The minimum atomic E-state index is -0.711. The van der Waals surface area contributed by atoms with Crippen molar-refractivity contribution in [2.45, 2.75) is 51.4 Å². The van der Waals surface area contributed by atoms with Crippen molar-refractivity contribution in [1.29, 1.82) is 0 Å². The van der Waals surface area contributed by atoms with Crippen LogP contribution in [0.2, 0.25) is 0 Å². The molecule has 0 aliphatic heterocycles. The Morgan fingerprint density at radius 2 is 1.80 bits per heavy atom. The Balaban J connectivity index is 1.96. The van der Waals surface area contributed by atoms with E-state index in [4.69, 9.17) is 5.11 Å². The zero-order chi connectivity index (χ0) is 10.9. The molecule has 1 saturated carbocycles. The highest BCUT2D eigenvalue weighted by molar-refractivity contribution is 5.66. The Labute approximate surface area is 92.3 Å². The summed E-state index contributed by atoms with van der Waals surface area (Å²) in [4.78, 5) is 10.3. The summed E-state index contributed by atoms with van der Waals surface area (Å²) in [6.07, 6.45) is 9.80. The number of aliphatic carboxylic acids is 1. The molecule has 1 fully saturated rings. The van der Waals surface area contributed by atoms with Crippen molar-refractivity contribution in [3.63, 3.8) is 0 Å². The summed E-state index contributed by atoms with van der Waals surface area (Å²) in [5.41, 5.74) is 0. The molecular weight excluding hydrogens is 190 g/mol. The summed E-state index contributed by atoms with van der Waals surface area (Å²) in [7, 11) is 0. The van der Waals surface area contributed by atoms with Gasteiger partial charge in [0.05, 0.1) is 6.42 Å². The van der Waals surface area contributed by atoms with Gasteiger partial charge in [-0.15, -0.1) is 0 Å². The van der Waals surface area contributed by atoms with E-state index < -0.39 is 5.97 Å². The van der Waals surface area contributed by atoms with E-state index in [1.807, 2.05) is 0 Å². The van der Waals surface area contributed by atoms with E-state index in [0.717, 1.165) is 12.5 Å². The predicted octanol–water partition coefficient (Wildman–Crippen LogP) is 2.41. The van der Waals surface area contributed by atoms with Crippen LogP contribution in [0.3, 0.4) is 0 Å². The molecule has 0 saturated heterocycles. The summed E-state index contributed by atoms with van der Waals surface area (Å²) in [5, 5.41) is 11.7. The molecule has 1 aliphatic rings. The number of nitrogens with one attached hydrogen (secondary N) is 1. The maximum atomic E-state index is 10.3. The van der Waals surface area contributed by atoms with E-state index in [1.165, 1.54) is 44.9 Å². The van der Waals surface area contributed by atoms with Crippen molar-refractivity contribution in [3.8, 4) is 0 Å². The third kappa shape index (κ3) is 6.50. The minimum absolute atomic E-state index is 0.241. The molecule has 2 N–H and O–H groups in total. The molecule has 0 amide bonds. The first-order valence-electron chi connectivity index (χ1n) is 6.21. The molecule has 3 heteroatoms. The zero-order valence-electron chi connectivity index (χ0n) is 9.50. The zero-order valence-corrected chi connectivity index (χ0v) is 9.50. The van der Waals surface area contributed by atoms with Crippen molar-refractivity contribution in [3.05, 3.63) is 0 Å². The van der Waals surface area contributed by atoms with Crippen LogP contribution in [0.25, 0.3) is 0 Å². The van der Waals surface area contributed by atoms with Gasteiger partial charge in [0, 0.05) is 6.54 Å². The van der Waals surface area contributed by atoms with Crippen molar-refractivity contribution >= 4 is 5.97 Å². The molecule has 1 aliphatic carbocycles. The van der Waals surface area contributed by atoms with Crippen LogP contribution in [0.1, 0.15) is 51.4 Å². The third-order valence-corrected chi connectivity index (χ3v) is 3.22. The van der Waals surface area contributed by atoms with Gasteiger partial charge in [-0.3, -0.25) is 4.79 Å². The number of carboxylic acids is 1. The second kappa shape index (κ2) is 7.69. The monoisotopic (exact) mass is 213 g/mol. The normalized spacial score (nSPS) is 18.7. The van der Waals surface area contributed by atoms with Gasteiger partial charge in [-0.25, -0.2) is 0 Å². The van der Waals surface area contributed by atoms with Crippen LogP contribution in [0.4, 0.5) is 0 Å². The first-order chi connectivity index (χ1) is 7.29. The van der Waals surface area contributed by atoms with Crippen LogP contribution < -0.4 is 5.32 Å². The summed E-state index contributed by atoms with van der Waals surface area (Å²) in [6, 6.07) is 0. The molecule has 0 aromatic heterocycles. The lowest BCUT2D eigenvalue weighted by Gasteiger charge is -2.13. The number of hydrogen-bond acceptors (Lipinski definition) is 2. The number of hydrogen-bond donors (Lipinski definition) is 2. The van der Waals surface area contributed by atoms with Gasteiger partial charge in [0.2, 0.25) is 0 Å². The third-order valence-electron chi connectivity index (χ3n) is 3.22. The minimum Gasteiger partial charge on any atom is -0.481 e. The Hall–Kier alpha value is -0.570. The Kier molecular flexibility index (Phi) is 6.41. The molecular formula is C12H23NO2. The lowest BCUT2D eigenvalue weighted by molar-refractivity contribution is -0.136. The smallest absolute Gasteiger partial charge is 0.304 e. The van der Waals surface area contributed by atoms with Gasteiger partial charge in [0.15, 0.2) is 0 Å². The molecule has 15 heavy (non-hydrogen) atoms. The van der Waals surface area contributed by atoms with Crippen LogP contribution >= 0.6 is 0 Å². The molecule has 88 valence electrons. The van der Waals surface area contributed by atoms with Crippen LogP contribution in [-0.2, 0) is 4.79 Å². The van der Waals surface area contributed by atoms with E-state index >= 15 is 0 Å². The molecule has 0 bridgehead atoms. The maximum Gasteiger partial charge on any atom is 0.304 e. The lowest BCUT2D eigenvalue weighted by atomic mass is 9.97. The first kappa shape index (κ1) is 12.5. The molecule has 0 aromatic rings. The second-order valence-corrected chi connectivity index (χ2v) is 4.54. The van der Waals surface area contributed by atoms with Gasteiger partial charge in [0.1, 0.15) is 0 Å². The van der Waals surface area contributed by atoms with E-state index in [2.05, 4.69) is 5.32 Å². The van der Waals surface area contributed by atoms with Gasteiger partial charge in [-0.1, -0.05) is 38.5 Å². The number of carboxylic acid groups (broad SMARTS) is 1. The Morgan fingerprint density at radius 3 is 2.40 bits per heavy atom. The van der Waals surface area contributed by atoms with Gasteiger partial charge in [0.25, 0.3) is 0 Å². The van der Waals surface area contributed by atoms with Crippen molar-refractivity contribution in [1.82, 2.24) is 5.32 Å². The maximum absolute atomic E-state index is 10.3. The fraction of sp³-hybridized carbons (Fsp3) is 0.917. The fourth-order valence-electron chi connectivity index (χ4n) is 2.28. The molecule has 3 nitrogen and oxygen atoms in total. The van der Waals surface area contributed by atoms with E-state index in [9.17, 15) is 4.79 Å². The topological polar surface area (TPSA) is 49.3 Å². The van der Waals surface area contributed by atoms with Gasteiger partial charge < -0.3 is 10.4 Å².